The van der Waals surface area contributed by atoms with Crippen LogP contribution in [0.25, 0.3) is 0 Å². The van der Waals surface area contributed by atoms with E-state index in [2.05, 4.69) is 22.8 Å². The molecular weight excluding hydrogens is 356 g/mol. The minimum absolute atomic E-state index is 0.0117. The Morgan fingerprint density at radius 2 is 1.79 bits per heavy atom. The van der Waals surface area contributed by atoms with Crippen molar-refractivity contribution >= 4 is 17.7 Å². The van der Waals surface area contributed by atoms with Crippen LogP contribution < -0.4 is 15.4 Å². The van der Waals surface area contributed by atoms with Crippen LogP contribution in [0, 0.1) is 5.92 Å². The van der Waals surface area contributed by atoms with Crippen molar-refractivity contribution in [1.29, 1.82) is 0 Å². The quantitative estimate of drug-likeness (QED) is 0.703. The van der Waals surface area contributed by atoms with Crippen molar-refractivity contribution in [3.8, 4) is 5.75 Å². The maximum atomic E-state index is 12.4. The van der Waals surface area contributed by atoms with Crippen molar-refractivity contribution in [1.82, 2.24) is 5.32 Å². The van der Waals surface area contributed by atoms with Crippen LogP contribution in [-0.2, 0) is 11.2 Å². The first-order valence-corrected chi connectivity index (χ1v) is 9.56. The third kappa shape index (κ3) is 5.25. The van der Waals surface area contributed by atoms with Gasteiger partial charge < -0.3 is 20.5 Å². The molecule has 0 aliphatic heterocycles. The summed E-state index contributed by atoms with van der Waals surface area (Å²) in [6.07, 6.45) is 3.28. The number of urea groups is 1. The zero-order chi connectivity index (χ0) is 19.9. The first-order valence-electron chi connectivity index (χ1n) is 9.56. The SMILES string of the molecule is COc1ccc(NC(=O)NC2CCC(C(=O)O)CC2)cc1Cc1ccccc1. The lowest BCUT2D eigenvalue weighted by Gasteiger charge is -2.26. The molecule has 148 valence electrons. The van der Waals surface area contributed by atoms with Crippen molar-refractivity contribution in [2.45, 2.75) is 38.1 Å². The summed E-state index contributed by atoms with van der Waals surface area (Å²) in [4.78, 5) is 23.4. The van der Waals surface area contributed by atoms with E-state index < -0.39 is 5.97 Å². The molecule has 0 aromatic heterocycles. The van der Waals surface area contributed by atoms with Gasteiger partial charge in [-0.05, 0) is 49.4 Å². The van der Waals surface area contributed by atoms with Crippen molar-refractivity contribution in [2.75, 3.05) is 12.4 Å². The fourth-order valence-electron chi connectivity index (χ4n) is 3.65. The minimum Gasteiger partial charge on any atom is -0.496 e. The fourth-order valence-corrected chi connectivity index (χ4v) is 3.65. The van der Waals surface area contributed by atoms with Gasteiger partial charge in [-0.25, -0.2) is 4.79 Å². The second-order valence-corrected chi connectivity index (χ2v) is 7.17. The summed E-state index contributed by atoms with van der Waals surface area (Å²) in [5.74, 6) is -0.253. The standard InChI is InChI=1S/C22H26N2O4/c1-28-20-12-11-19(14-17(20)13-15-5-3-2-4-6-15)24-22(27)23-18-9-7-16(8-10-18)21(25)26/h2-6,11-12,14,16,18H,7-10,13H2,1H3,(H,25,26)(H2,23,24,27). The van der Waals surface area contributed by atoms with E-state index >= 15 is 0 Å². The van der Waals surface area contributed by atoms with Gasteiger partial charge in [-0.1, -0.05) is 30.3 Å². The number of aliphatic carboxylic acids is 1. The highest BCUT2D eigenvalue weighted by atomic mass is 16.5. The van der Waals surface area contributed by atoms with E-state index in [0.29, 0.717) is 37.8 Å². The fraction of sp³-hybridized carbons (Fsp3) is 0.364. The van der Waals surface area contributed by atoms with Crippen LogP contribution in [0.4, 0.5) is 10.5 Å². The number of carboxylic acid groups (broad SMARTS) is 1. The van der Waals surface area contributed by atoms with Crippen LogP contribution >= 0.6 is 0 Å². The highest BCUT2D eigenvalue weighted by Crippen LogP contribution is 2.26. The summed E-state index contributed by atoms with van der Waals surface area (Å²) in [6, 6.07) is 15.4. The summed E-state index contributed by atoms with van der Waals surface area (Å²) in [5, 5.41) is 14.9. The van der Waals surface area contributed by atoms with Gasteiger partial charge in [0.1, 0.15) is 5.75 Å². The monoisotopic (exact) mass is 382 g/mol. The lowest BCUT2D eigenvalue weighted by molar-refractivity contribution is -0.142. The van der Waals surface area contributed by atoms with E-state index in [-0.39, 0.29) is 18.0 Å². The molecule has 28 heavy (non-hydrogen) atoms. The Morgan fingerprint density at radius 3 is 2.43 bits per heavy atom. The van der Waals surface area contributed by atoms with Gasteiger partial charge in [0, 0.05) is 23.7 Å². The molecule has 1 aliphatic carbocycles. The number of methoxy groups -OCH3 is 1. The smallest absolute Gasteiger partial charge is 0.319 e. The third-order valence-electron chi connectivity index (χ3n) is 5.19. The number of hydrogen-bond acceptors (Lipinski definition) is 3. The molecule has 3 N–H and O–H groups in total. The van der Waals surface area contributed by atoms with Gasteiger partial charge in [0.25, 0.3) is 0 Å². The summed E-state index contributed by atoms with van der Waals surface area (Å²) in [7, 11) is 1.64. The Bertz CT molecular complexity index is 815. The molecule has 0 spiro atoms. The van der Waals surface area contributed by atoms with Gasteiger partial charge in [-0.3, -0.25) is 4.79 Å². The molecule has 0 unspecified atom stereocenters. The summed E-state index contributed by atoms with van der Waals surface area (Å²) < 4.78 is 5.45. The Kier molecular flexibility index (Phi) is 6.53. The zero-order valence-corrected chi connectivity index (χ0v) is 16.0. The average molecular weight is 382 g/mol. The summed E-state index contributed by atoms with van der Waals surface area (Å²) >= 11 is 0. The second-order valence-electron chi connectivity index (χ2n) is 7.17. The zero-order valence-electron chi connectivity index (χ0n) is 16.0. The maximum Gasteiger partial charge on any atom is 0.319 e. The number of nitrogens with one attached hydrogen (secondary N) is 2. The van der Waals surface area contributed by atoms with Crippen LogP contribution in [0.15, 0.2) is 48.5 Å². The lowest BCUT2D eigenvalue weighted by Crippen LogP contribution is -2.41. The first kappa shape index (κ1) is 19.7. The molecule has 0 radical (unpaired) electrons. The highest BCUT2D eigenvalue weighted by Gasteiger charge is 2.26. The second kappa shape index (κ2) is 9.26. The molecule has 2 aromatic carbocycles. The van der Waals surface area contributed by atoms with Crippen LogP contribution in [0.3, 0.4) is 0 Å². The van der Waals surface area contributed by atoms with E-state index in [4.69, 9.17) is 9.84 Å². The number of rotatable bonds is 6. The molecule has 1 saturated carbocycles. The van der Waals surface area contributed by atoms with E-state index in [1.54, 1.807) is 7.11 Å². The lowest BCUT2D eigenvalue weighted by atomic mass is 9.86. The topological polar surface area (TPSA) is 87.7 Å². The number of amides is 2. The molecule has 2 amide bonds. The average Bonchev–Trinajstić information content (AvgIpc) is 2.69. The highest BCUT2D eigenvalue weighted by molar-refractivity contribution is 5.89. The number of carboxylic acids is 1. The molecule has 6 heteroatoms. The van der Waals surface area contributed by atoms with Crippen molar-refractivity contribution in [2.24, 2.45) is 5.92 Å². The largest absolute Gasteiger partial charge is 0.496 e. The number of carbonyl (C=O) groups excluding carboxylic acids is 1. The van der Waals surface area contributed by atoms with Crippen LogP contribution in [-0.4, -0.2) is 30.3 Å². The Balaban J connectivity index is 1.60. The van der Waals surface area contributed by atoms with E-state index in [0.717, 1.165) is 16.9 Å². The normalized spacial score (nSPS) is 18.9. The molecule has 1 fully saturated rings. The molecular formula is C22H26N2O4. The number of benzene rings is 2. The van der Waals surface area contributed by atoms with Crippen LogP contribution in [0.5, 0.6) is 5.75 Å². The van der Waals surface area contributed by atoms with Gasteiger partial charge >= 0.3 is 12.0 Å². The molecule has 0 bridgehead atoms. The van der Waals surface area contributed by atoms with Gasteiger partial charge in [0.2, 0.25) is 0 Å². The van der Waals surface area contributed by atoms with E-state index in [1.165, 1.54) is 0 Å². The van der Waals surface area contributed by atoms with Crippen molar-refractivity contribution in [3.05, 3.63) is 59.7 Å². The first-order chi connectivity index (χ1) is 13.5. The van der Waals surface area contributed by atoms with Crippen LogP contribution in [0.2, 0.25) is 0 Å². The maximum absolute atomic E-state index is 12.4. The molecule has 2 aromatic rings. The van der Waals surface area contributed by atoms with E-state index in [1.807, 2.05) is 36.4 Å². The molecule has 3 rings (SSSR count). The number of hydrogen-bond donors (Lipinski definition) is 3. The van der Waals surface area contributed by atoms with Gasteiger partial charge in [0.15, 0.2) is 0 Å². The summed E-state index contributed by atoms with van der Waals surface area (Å²) in [5.41, 5.74) is 2.86. The number of anilines is 1. The third-order valence-corrected chi connectivity index (χ3v) is 5.19. The van der Waals surface area contributed by atoms with E-state index in [9.17, 15) is 9.59 Å². The van der Waals surface area contributed by atoms with Crippen LogP contribution in [0.1, 0.15) is 36.8 Å². The molecule has 0 atom stereocenters. The molecule has 0 heterocycles. The number of ether oxygens (including phenoxy) is 1. The predicted molar refractivity (Wildman–Crippen MR) is 108 cm³/mol. The summed E-state index contributed by atoms with van der Waals surface area (Å²) in [6.45, 7) is 0. The van der Waals surface area contributed by atoms with Gasteiger partial charge in [0.05, 0.1) is 13.0 Å². The van der Waals surface area contributed by atoms with Crippen molar-refractivity contribution in [3.63, 3.8) is 0 Å². The van der Waals surface area contributed by atoms with Gasteiger partial charge in [-0.2, -0.15) is 0 Å². The molecule has 1 aliphatic rings. The van der Waals surface area contributed by atoms with Crippen molar-refractivity contribution < 1.29 is 19.4 Å². The Hall–Kier alpha value is -3.02. The molecule has 0 saturated heterocycles. The predicted octanol–water partition coefficient (Wildman–Crippen LogP) is 4.05. The number of carbonyl (C=O) groups is 2. The molecule has 6 nitrogen and oxygen atoms in total. The Labute approximate surface area is 164 Å². The Morgan fingerprint density at radius 1 is 1.07 bits per heavy atom. The minimum atomic E-state index is -0.743. The van der Waals surface area contributed by atoms with Gasteiger partial charge in [-0.15, -0.1) is 0 Å².